The van der Waals surface area contributed by atoms with Gasteiger partial charge in [0.2, 0.25) is 0 Å². The maximum atomic E-state index is 12.1. The minimum Gasteiger partial charge on any atom is -0.497 e. The lowest BCUT2D eigenvalue weighted by molar-refractivity contribution is 0.0526. The van der Waals surface area contributed by atoms with Gasteiger partial charge in [0.05, 0.1) is 37.3 Å². The number of pyridine rings is 1. The number of fused-ring (bicyclic) bond motifs is 2. The highest BCUT2D eigenvalue weighted by molar-refractivity contribution is 5.91. The van der Waals surface area contributed by atoms with Crippen molar-refractivity contribution in [3.63, 3.8) is 0 Å². The van der Waals surface area contributed by atoms with E-state index >= 15 is 0 Å². The number of carbonyl (C=O) groups is 1. The molecule has 3 heterocycles. The van der Waals surface area contributed by atoms with Crippen LogP contribution < -0.4 is 4.74 Å². The van der Waals surface area contributed by atoms with E-state index < -0.39 is 0 Å². The molecule has 0 bridgehead atoms. The van der Waals surface area contributed by atoms with E-state index in [9.17, 15) is 4.79 Å². The Kier molecular flexibility index (Phi) is 4.75. The van der Waals surface area contributed by atoms with Crippen molar-refractivity contribution in [3.05, 3.63) is 53.9 Å². The molecule has 0 saturated carbocycles. The first-order chi connectivity index (χ1) is 13.6. The summed E-state index contributed by atoms with van der Waals surface area (Å²) in [7, 11) is 3.29. The summed E-state index contributed by atoms with van der Waals surface area (Å²) < 4.78 is 17.7. The van der Waals surface area contributed by atoms with E-state index in [4.69, 9.17) is 19.2 Å². The number of imidazole rings is 1. The summed E-state index contributed by atoms with van der Waals surface area (Å²) in [5.74, 6) is 0.424. The molecule has 1 aromatic carbocycles. The van der Waals surface area contributed by atoms with E-state index in [-0.39, 0.29) is 5.97 Å². The third-order valence-corrected chi connectivity index (χ3v) is 4.60. The number of nitrogens with one attached hydrogen (secondary N) is 1. The van der Waals surface area contributed by atoms with Gasteiger partial charge in [0.1, 0.15) is 17.1 Å². The van der Waals surface area contributed by atoms with Crippen molar-refractivity contribution >= 4 is 22.5 Å². The molecule has 28 heavy (non-hydrogen) atoms. The molecule has 7 heteroatoms. The van der Waals surface area contributed by atoms with E-state index in [0.717, 1.165) is 33.7 Å². The van der Waals surface area contributed by atoms with Gasteiger partial charge in [-0.05, 0) is 37.3 Å². The first-order valence-corrected chi connectivity index (χ1v) is 8.98. The normalized spacial score (nSPS) is 11.2. The topological polar surface area (TPSA) is 77.9 Å². The van der Waals surface area contributed by atoms with Crippen LogP contribution in [0.15, 0.2) is 42.6 Å². The van der Waals surface area contributed by atoms with E-state index in [2.05, 4.69) is 4.98 Å². The molecule has 0 atom stereocenters. The van der Waals surface area contributed by atoms with Crippen LogP contribution in [0.5, 0.6) is 5.75 Å². The number of methoxy groups -OCH3 is 2. The van der Waals surface area contributed by atoms with Gasteiger partial charge < -0.3 is 23.6 Å². The van der Waals surface area contributed by atoms with Gasteiger partial charge in [-0.2, -0.15) is 0 Å². The number of aromatic nitrogens is 3. The van der Waals surface area contributed by atoms with Crippen LogP contribution >= 0.6 is 0 Å². The van der Waals surface area contributed by atoms with E-state index in [1.807, 2.05) is 34.9 Å². The molecule has 144 valence electrons. The summed E-state index contributed by atoms with van der Waals surface area (Å²) in [5.41, 5.74) is 4.63. The Morgan fingerprint density at radius 2 is 2.04 bits per heavy atom. The maximum absolute atomic E-state index is 12.1. The highest BCUT2D eigenvalue weighted by Gasteiger charge is 2.18. The van der Waals surface area contributed by atoms with Crippen LogP contribution in [0.3, 0.4) is 0 Å². The van der Waals surface area contributed by atoms with Gasteiger partial charge in [-0.15, -0.1) is 0 Å². The molecule has 1 N–H and O–H groups in total. The summed E-state index contributed by atoms with van der Waals surface area (Å²) >= 11 is 0. The zero-order chi connectivity index (χ0) is 19.7. The number of ether oxygens (including phenoxy) is 3. The average molecular weight is 379 g/mol. The van der Waals surface area contributed by atoms with Crippen LogP contribution in [0.1, 0.15) is 23.0 Å². The summed E-state index contributed by atoms with van der Waals surface area (Å²) in [6.45, 7) is 2.50. The number of benzene rings is 1. The molecule has 0 fully saturated rings. The van der Waals surface area contributed by atoms with Crippen molar-refractivity contribution in [1.82, 2.24) is 14.4 Å². The Labute approximate surface area is 161 Å². The van der Waals surface area contributed by atoms with Crippen LogP contribution in [0.2, 0.25) is 0 Å². The van der Waals surface area contributed by atoms with Gasteiger partial charge in [-0.25, -0.2) is 9.78 Å². The molecule has 4 aromatic rings. The SMILES string of the molecule is CCOC(=O)c1ccn2c(COC)c(-c3cc4ccc(OC)cc4[nH]3)nc2c1. The average Bonchev–Trinajstić information content (AvgIpc) is 3.28. The van der Waals surface area contributed by atoms with Crippen LogP contribution in [-0.2, 0) is 16.1 Å². The van der Waals surface area contributed by atoms with Crippen molar-refractivity contribution in [2.24, 2.45) is 0 Å². The number of rotatable bonds is 6. The number of esters is 1. The van der Waals surface area contributed by atoms with Crippen molar-refractivity contribution in [3.8, 4) is 17.1 Å². The molecule has 7 nitrogen and oxygen atoms in total. The highest BCUT2D eigenvalue weighted by atomic mass is 16.5. The molecule has 0 aliphatic heterocycles. The Balaban J connectivity index is 1.85. The van der Waals surface area contributed by atoms with Crippen molar-refractivity contribution in [2.45, 2.75) is 13.5 Å². The van der Waals surface area contributed by atoms with Crippen LogP contribution in [0.4, 0.5) is 0 Å². The predicted molar refractivity (Wildman–Crippen MR) is 106 cm³/mol. The largest absolute Gasteiger partial charge is 0.497 e. The van der Waals surface area contributed by atoms with Gasteiger partial charge in [-0.1, -0.05) is 0 Å². The molecule has 0 aliphatic carbocycles. The zero-order valence-corrected chi connectivity index (χ0v) is 16.0. The van der Waals surface area contributed by atoms with E-state index in [0.29, 0.717) is 24.4 Å². The second-order valence-electron chi connectivity index (χ2n) is 6.34. The van der Waals surface area contributed by atoms with Gasteiger partial charge in [0.25, 0.3) is 0 Å². The fourth-order valence-electron chi connectivity index (χ4n) is 3.29. The second kappa shape index (κ2) is 7.36. The first kappa shape index (κ1) is 18.1. The quantitative estimate of drug-likeness (QED) is 0.516. The van der Waals surface area contributed by atoms with Gasteiger partial charge in [0.15, 0.2) is 0 Å². The van der Waals surface area contributed by atoms with Crippen molar-refractivity contribution < 1.29 is 19.0 Å². The highest BCUT2D eigenvalue weighted by Crippen LogP contribution is 2.30. The lowest BCUT2D eigenvalue weighted by Gasteiger charge is -2.04. The van der Waals surface area contributed by atoms with Gasteiger partial charge in [0, 0.05) is 30.3 Å². The van der Waals surface area contributed by atoms with Crippen LogP contribution in [0, 0.1) is 0 Å². The smallest absolute Gasteiger partial charge is 0.338 e. The fourth-order valence-corrected chi connectivity index (χ4v) is 3.29. The zero-order valence-electron chi connectivity index (χ0n) is 16.0. The molecule has 0 aliphatic rings. The summed E-state index contributed by atoms with van der Waals surface area (Å²) in [4.78, 5) is 20.2. The monoisotopic (exact) mass is 379 g/mol. The Hall–Kier alpha value is -3.32. The summed E-state index contributed by atoms with van der Waals surface area (Å²) in [5, 5.41) is 1.06. The molecule has 0 amide bonds. The van der Waals surface area contributed by atoms with Gasteiger partial charge in [-0.3, -0.25) is 0 Å². The number of aromatic amines is 1. The number of nitrogens with zero attached hydrogens (tertiary/aromatic N) is 2. The maximum Gasteiger partial charge on any atom is 0.338 e. The number of H-pyrrole nitrogens is 1. The second-order valence-corrected chi connectivity index (χ2v) is 6.34. The molecular formula is C21H21N3O4. The minimum absolute atomic E-state index is 0.331. The van der Waals surface area contributed by atoms with Crippen molar-refractivity contribution in [1.29, 1.82) is 0 Å². The summed E-state index contributed by atoms with van der Waals surface area (Å²) in [6.07, 6.45) is 1.82. The third kappa shape index (κ3) is 3.10. The molecule has 3 aromatic heterocycles. The summed E-state index contributed by atoms with van der Waals surface area (Å²) in [6, 6.07) is 11.4. The molecule has 0 unspecified atom stereocenters. The molecular weight excluding hydrogens is 358 g/mol. The van der Waals surface area contributed by atoms with Crippen LogP contribution in [-0.4, -0.2) is 41.2 Å². The minimum atomic E-state index is -0.361. The Morgan fingerprint density at radius 1 is 1.18 bits per heavy atom. The standard InChI is InChI=1S/C21H21N3O4/c1-4-28-21(25)14-7-8-24-18(12-26-2)20(23-19(24)10-14)17-9-13-5-6-15(27-3)11-16(13)22-17/h5-11,22H,4,12H2,1-3H3. The van der Waals surface area contributed by atoms with Gasteiger partial charge >= 0.3 is 5.97 Å². The Bertz CT molecular complexity index is 1160. The lowest BCUT2D eigenvalue weighted by atomic mass is 10.2. The molecule has 0 radical (unpaired) electrons. The number of hydrogen-bond donors (Lipinski definition) is 1. The molecule has 0 saturated heterocycles. The fraction of sp³-hybridized carbons (Fsp3) is 0.238. The Morgan fingerprint density at radius 3 is 2.79 bits per heavy atom. The first-order valence-electron chi connectivity index (χ1n) is 8.98. The van der Waals surface area contributed by atoms with Crippen LogP contribution in [0.25, 0.3) is 27.9 Å². The van der Waals surface area contributed by atoms with E-state index in [1.165, 1.54) is 0 Å². The van der Waals surface area contributed by atoms with E-state index in [1.54, 1.807) is 33.3 Å². The number of carbonyl (C=O) groups excluding carboxylic acids is 1. The third-order valence-electron chi connectivity index (χ3n) is 4.60. The van der Waals surface area contributed by atoms with Crippen molar-refractivity contribution in [2.75, 3.05) is 20.8 Å². The lowest BCUT2D eigenvalue weighted by Crippen LogP contribution is -2.05. The number of hydrogen-bond acceptors (Lipinski definition) is 5. The molecule has 4 rings (SSSR count). The predicted octanol–water partition coefficient (Wildman–Crippen LogP) is 3.81. The molecule has 0 spiro atoms.